The predicted molar refractivity (Wildman–Crippen MR) is 124 cm³/mol. The van der Waals surface area contributed by atoms with Gasteiger partial charge in [-0.25, -0.2) is 8.42 Å². The first-order valence-electron chi connectivity index (χ1n) is 9.26. The smallest absolute Gasteiger partial charge is 0.243 e. The molecule has 0 spiro atoms. The Morgan fingerprint density at radius 1 is 0.839 bits per heavy atom. The van der Waals surface area contributed by atoms with Gasteiger partial charge < -0.3 is 5.32 Å². The summed E-state index contributed by atoms with van der Waals surface area (Å²) in [6, 6.07) is 19.7. The van der Waals surface area contributed by atoms with Gasteiger partial charge in [0.1, 0.15) is 0 Å². The van der Waals surface area contributed by atoms with Crippen LogP contribution >= 0.6 is 34.8 Å². The summed E-state index contributed by atoms with van der Waals surface area (Å²) in [6.07, 6.45) is 0. The van der Waals surface area contributed by atoms with Gasteiger partial charge in [0, 0.05) is 28.2 Å². The first-order chi connectivity index (χ1) is 14.8. The van der Waals surface area contributed by atoms with Gasteiger partial charge in [-0.05, 0) is 53.6 Å². The van der Waals surface area contributed by atoms with Crippen LogP contribution in [0.3, 0.4) is 0 Å². The zero-order valence-corrected chi connectivity index (χ0v) is 19.3. The number of carbonyl (C=O) groups excluding carboxylic acids is 1. The normalized spacial score (nSPS) is 11.5. The van der Waals surface area contributed by atoms with Gasteiger partial charge in [0.15, 0.2) is 0 Å². The van der Waals surface area contributed by atoms with Crippen LogP contribution in [0, 0.1) is 0 Å². The van der Waals surface area contributed by atoms with Crippen molar-refractivity contribution in [1.82, 2.24) is 9.62 Å². The summed E-state index contributed by atoms with van der Waals surface area (Å²) in [5.74, 6) is -0.445. The molecular weight excluding hydrogens is 479 g/mol. The number of rotatable bonds is 8. The zero-order chi connectivity index (χ0) is 22.4. The van der Waals surface area contributed by atoms with E-state index in [-0.39, 0.29) is 24.5 Å². The minimum Gasteiger partial charge on any atom is -0.351 e. The molecule has 0 radical (unpaired) electrons. The Kier molecular flexibility index (Phi) is 7.97. The Balaban J connectivity index is 1.81. The van der Waals surface area contributed by atoms with E-state index < -0.39 is 15.9 Å². The molecule has 3 aromatic carbocycles. The summed E-state index contributed by atoms with van der Waals surface area (Å²) in [7, 11) is -3.98. The first kappa shape index (κ1) is 23.6. The number of carbonyl (C=O) groups is 1. The summed E-state index contributed by atoms with van der Waals surface area (Å²) in [6.45, 7) is -0.181. The molecule has 0 aliphatic heterocycles. The van der Waals surface area contributed by atoms with E-state index in [0.717, 1.165) is 9.87 Å². The van der Waals surface area contributed by atoms with Crippen molar-refractivity contribution in [2.24, 2.45) is 0 Å². The van der Waals surface area contributed by atoms with Crippen LogP contribution in [-0.4, -0.2) is 25.2 Å². The highest BCUT2D eigenvalue weighted by atomic mass is 35.5. The van der Waals surface area contributed by atoms with Gasteiger partial charge in [0.05, 0.1) is 11.4 Å². The second-order valence-electron chi connectivity index (χ2n) is 6.72. The van der Waals surface area contributed by atoms with Crippen molar-refractivity contribution in [3.63, 3.8) is 0 Å². The molecule has 5 nitrogen and oxygen atoms in total. The van der Waals surface area contributed by atoms with E-state index in [2.05, 4.69) is 5.32 Å². The van der Waals surface area contributed by atoms with Gasteiger partial charge in [-0.2, -0.15) is 4.31 Å². The maximum Gasteiger partial charge on any atom is 0.243 e. The molecule has 3 aromatic rings. The van der Waals surface area contributed by atoms with Crippen LogP contribution < -0.4 is 5.32 Å². The fourth-order valence-corrected chi connectivity index (χ4v) is 4.64. The van der Waals surface area contributed by atoms with Gasteiger partial charge in [-0.1, -0.05) is 65.1 Å². The highest BCUT2D eigenvalue weighted by Crippen LogP contribution is 2.23. The monoisotopic (exact) mass is 496 g/mol. The van der Waals surface area contributed by atoms with Gasteiger partial charge in [-0.15, -0.1) is 0 Å². The minimum atomic E-state index is -3.98. The molecule has 0 saturated carbocycles. The van der Waals surface area contributed by atoms with Gasteiger partial charge in [0.2, 0.25) is 15.9 Å². The van der Waals surface area contributed by atoms with E-state index in [1.165, 1.54) is 24.3 Å². The molecule has 162 valence electrons. The second-order valence-corrected chi connectivity index (χ2v) is 9.94. The lowest BCUT2D eigenvalue weighted by molar-refractivity contribution is -0.121. The molecule has 9 heteroatoms. The van der Waals surface area contributed by atoms with Gasteiger partial charge in [0.25, 0.3) is 0 Å². The second kappa shape index (κ2) is 10.5. The van der Waals surface area contributed by atoms with Crippen LogP contribution in [0.5, 0.6) is 0 Å². The molecule has 0 aliphatic rings. The Labute approximate surface area is 196 Å². The summed E-state index contributed by atoms with van der Waals surface area (Å²) >= 11 is 18.0. The molecule has 0 fully saturated rings. The van der Waals surface area contributed by atoms with E-state index in [9.17, 15) is 13.2 Å². The largest absolute Gasteiger partial charge is 0.351 e. The molecule has 1 N–H and O–H groups in total. The predicted octanol–water partition coefficient (Wildman–Crippen LogP) is 5.15. The number of nitrogens with zero attached hydrogens (tertiary/aromatic N) is 1. The number of halogens is 3. The van der Waals surface area contributed by atoms with E-state index >= 15 is 0 Å². The molecule has 0 aromatic heterocycles. The highest BCUT2D eigenvalue weighted by molar-refractivity contribution is 7.89. The van der Waals surface area contributed by atoms with Crippen molar-refractivity contribution in [2.45, 2.75) is 18.0 Å². The molecule has 0 atom stereocenters. The molecule has 0 bridgehead atoms. The Morgan fingerprint density at radius 3 is 2.03 bits per heavy atom. The fraction of sp³-hybridized carbons (Fsp3) is 0.136. The number of benzene rings is 3. The number of sulfonamides is 1. The Bertz CT molecular complexity index is 1150. The molecule has 0 aliphatic carbocycles. The molecule has 0 heterocycles. The lowest BCUT2D eigenvalue weighted by atomic mass is 10.2. The Hall–Kier alpha value is -2.09. The number of nitrogens with one attached hydrogen (secondary N) is 1. The highest BCUT2D eigenvalue weighted by Gasteiger charge is 2.27. The molecule has 0 saturated heterocycles. The molecule has 0 unspecified atom stereocenters. The fourth-order valence-electron chi connectivity index (χ4n) is 2.82. The quantitative estimate of drug-likeness (QED) is 0.468. The van der Waals surface area contributed by atoms with Crippen LogP contribution in [0.1, 0.15) is 11.1 Å². The topological polar surface area (TPSA) is 66.5 Å². The van der Waals surface area contributed by atoms with E-state index in [1.54, 1.807) is 48.5 Å². The van der Waals surface area contributed by atoms with Crippen molar-refractivity contribution in [3.8, 4) is 0 Å². The maximum absolute atomic E-state index is 13.3. The van der Waals surface area contributed by atoms with E-state index in [0.29, 0.717) is 20.6 Å². The third-order valence-electron chi connectivity index (χ3n) is 4.48. The average molecular weight is 498 g/mol. The van der Waals surface area contributed by atoms with Crippen LogP contribution in [-0.2, 0) is 27.9 Å². The lowest BCUT2D eigenvalue weighted by Crippen LogP contribution is -2.40. The van der Waals surface area contributed by atoms with Gasteiger partial charge in [-0.3, -0.25) is 4.79 Å². The van der Waals surface area contributed by atoms with Gasteiger partial charge >= 0.3 is 0 Å². The molecule has 1 amide bonds. The van der Waals surface area contributed by atoms with Crippen LogP contribution in [0.25, 0.3) is 0 Å². The molecule has 3 rings (SSSR count). The summed E-state index contributed by atoms with van der Waals surface area (Å²) in [5.41, 5.74) is 1.43. The molecule has 31 heavy (non-hydrogen) atoms. The van der Waals surface area contributed by atoms with Crippen molar-refractivity contribution in [3.05, 3.63) is 99.0 Å². The third kappa shape index (κ3) is 6.45. The number of amides is 1. The number of hydrogen-bond acceptors (Lipinski definition) is 3. The van der Waals surface area contributed by atoms with E-state index in [1.807, 2.05) is 0 Å². The summed E-state index contributed by atoms with van der Waals surface area (Å²) in [5, 5.41) is 4.16. The average Bonchev–Trinajstić information content (AvgIpc) is 2.74. The standard InChI is InChI=1S/C22H19Cl3N2O3S/c23-18-7-5-16(6-8-18)13-26-22(28)15-27(14-17-3-1-2-4-21(17)25)31(29,30)20-11-9-19(24)10-12-20/h1-12H,13-15H2,(H,26,28). The van der Waals surface area contributed by atoms with Crippen LogP contribution in [0.4, 0.5) is 0 Å². The SMILES string of the molecule is O=C(CN(Cc1ccccc1Cl)S(=O)(=O)c1ccc(Cl)cc1)NCc1ccc(Cl)cc1. The van der Waals surface area contributed by atoms with Crippen molar-refractivity contribution in [1.29, 1.82) is 0 Å². The zero-order valence-electron chi connectivity index (χ0n) is 16.3. The van der Waals surface area contributed by atoms with Crippen molar-refractivity contribution in [2.75, 3.05) is 6.54 Å². The Morgan fingerprint density at radius 2 is 1.42 bits per heavy atom. The first-order valence-corrected chi connectivity index (χ1v) is 11.8. The minimum absolute atomic E-state index is 0.0365. The summed E-state index contributed by atoms with van der Waals surface area (Å²) < 4.78 is 27.6. The third-order valence-corrected chi connectivity index (χ3v) is 7.16. The van der Waals surface area contributed by atoms with Crippen molar-refractivity contribution >= 4 is 50.7 Å². The molecular formula is C22H19Cl3N2O3S. The lowest BCUT2D eigenvalue weighted by Gasteiger charge is -2.22. The maximum atomic E-state index is 13.3. The van der Waals surface area contributed by atoms with E-state index in [4.69, 9.17) is 34.8 Å². The summed E-state index contributed by atoms with van der Waals surface area (Å²) in [4.78, 5) is 12.6. The number of hydrogen-bond donors (Lipinski definition) is 1. The van der Waals surface area contributed by atoms with Crippen LogP contribution in [0.15, 0.2) is 77.7 Å². The van der Waals surface area contributed by atoms with Crippen molar-refractivity contribution < 1.29 is 13.2 Å². The van der Waals surface area contributed by atoms with Crippen LogP contribution in [0.2, 0.25) is 15.1 Å².